The lowest BCUT2D eigenvalue weighted by atomic mass is 9.76. The van der Waals surface area contributed by atoms with Gasteiger partial charge in [0.15, 0.2) is 0 Å². The molecule has 0 saturated heterocycles. The summed E-state index contributed by atoms with van der Waals surface area (Å²) in [7, 11) is 0. The zero-order valence-corrected chi connectivity index (χ0v) is 8.60. The Kier molecular flexibility index (Phi) is 2.17. The largest absolute Gasteiger partial charge is 0.385 e. The van der Waals surface area contributed by atoms with E-state index in [4.69, 9.17) is 0 Å². The second-order valence-corrected chi connectivity index (χ2v) is 4.08. The topological polar surface area (TPSA) is 20.2 Å². The van der Waals surface area contributed by atoms with Gasteiger partial charge in [0, 0.05) is 5.92 Å². The van der Waals surface area contributed by atoms with E-state index in [1.54, 1.807) is 0 Å². The van der Waals surface area contributed by atoms with E-state index < -0.39 is 5.60 Å². The van der Waals surface area contributed by atoms with Crippen LogP contribution < -0.4 is 0 Å². The minimum Gasteiger partial charge on any atom is -0.385 e. The average Bonchev–Trinajstić information content (AvgIpc) is 1.97. The zero-order chi connectivity index (χ0) is 9.52. The Bertz CT molecular complexity index is 256. The molecule has 2 atom stereocenters. The second kappa shape index (κ2) is 2.74. The molecular formula is C11H18O. The van der Waals surface area contributed by atoms with Gasteiger partial charge in [-0.15, -0.1) is 0 Å². The average molecular weight is 166 g/mol. The Balaban J connectivity index is 3.15. The van der Waals surface area contributed by atoms with Gasteiger partial charge in [-0.2, -0.15) is 0 Å². The maximum absolute atomic E-state index is 9.99. The lowest BCUT2D eigenvalue weighted by Crippen LogP contribution is -2.34. The van der Waals surface area contributed by atoms with Crippen LogP contribution in [0.1, 0.15) is 34.6 Å². The van der Waals surface area contributed by atoms with Gasteiger partial charge in [0.2, 0.25) is 0 Å². The summed E-state index contributed by atoms with van der Waals surface area (Å²) in [6, 6.07) is 0. The molecule has 0 fully saturated rings. The first-order valence-electron chi connectivity index (χ1n) is 4.46. The van der Waals surface area contributed by atoms with Crippen LogP contribution in [0.2, 0.25) is 0 Å². The van der Waals surface area contributed by atoms with Gasteiger partial charge < -0.3 is 5.11 Å². The van der Waals surface area contributed by atoms with Crippen LogP contribution in [-0.2, 0) is 0 Å². The molecular weight excluding hydrogens is 148 g/mol. The Morgan fingerprint density at radius 3 is 2.33 bits per heavy atom. The molecule has 0 spiro atoms. The van der Waals surface area contributed by atoms with Gasteiger partial charge in [-0.3, -0.25) is 0 Å². The molecule has 1 rings (SSSR count). The highest BCUT2D eigenvalue weighted by molar-refractivity contribution is 5.40. The van der Waals surface area contributed by atoms with E-state index in [0.717, 1.165) is 0 Å². The summed E-state index contributed by atoms with van der Waals surface area (Å²) in [6.07, 6.45) is 1.96. The predicted molar refractivity (Wildman–Crippen MR) is 51.9 cm³/mol. The van der Waals surface area contributed by atoms with Crippen LogP contribution in [0.4, 0.5) is 0 Å². The van der Waals surface area contributed by atoms with Crippen LogP contribution >= 0.6 is 0 Å². The highest BCUT2D eigenvalue weighted by Crippen LogP contribution is 2.35. The molecule has 0 heterocycles. The van der Waals surface area contributed by atoms with Crippen molar-refractivity contribution in [1.29, 1.82) is 0 Å². The third-order valence-electron chi connectivity index (χ3n) is 3.22. The van der Waals surface area contributed by atoms with Crippen molar-refractivity contribution in [2.45, 2.75) is 40.2 Å². The van der Waals surface area contributed by atoms with E-state index in [2.05, 4.69) is 27.7 Å². The standard InChI is InChI=1S/C11H18O/c1-7-6-11(5,12)10(4)9(3)8(7)2/h6,10,12H,1-5H3. The highest BCUT2D eigenvalue weighted by atomic mass is 16.3. The molecule has 0 aromatic heterocycles. The maximum atomic E-state index is 9.99. The van der Waals surface area contributed by atoms with Crippen molar-refractivity contribution in [1.82, 2.24) is 0 Å². The van der Waals surface area contributed by atoms with Gasteiger partial charge in [-0.1, -0.05) is 12.5 Å². The van der Waals surface area contributed by atoms with Crippen molar-refractivity contribution in [2.75, 3.05) is 0 Å². The van der Waals surface area contributed by atoms with E-state index in [0.29, 0.717) is 0 Å². The van der Waals surface area contributed by atoms with Gasteiger partial charge in [0.05, 0.1) is 5.60 Å². The van der Waals surface area contributed by atoms with Crippen molar-refractivity contribution < 1.29 is 5.11 Å². The molecule has 12 heavy (non-hydrogen) atoms. The third-order valence-corrected chi connectivity index (χ3v) is 3.22. The van der Waals surface area contributed by atoms with Crippen LogP contribution in [0.15, 0.2) is 22.8 Å². The molecule has 1 aliphatic carbocycles. The van der Waals surface area contributed by atoms with Crippen molar-refractivity contribution in [2.24, 2.45) is 5.92 Å². The Morgan fingerprint density at radius 1 is 1.33 bits per heavy atom. The quantitative estimate of drug-likeness (QED) is 0.586. The molecule has 0 bridgehead atoms. The molecule has 1 N–H and O–H groups in total. The normalized spacial score (nSPS) is 36.8. The molecule has 1 heteroatoms. The van der Waals surface area contributed by atoms with E-state index in [1.807, 2.05) is 13.0 Å². The summed E-state index contributed by atoms with van der Waals surface area (Å²) in [5.41, 5.74) is 3.18. The van der Waals surface area contributed by atoms with Gasteiger partial charge in [-0.25, -0.2) is 0 Å². The molecule has 0 saturated carbocycles. The number of allylic oxidation sites excluding steroid dienone is 2. The Hall–Kier alpha value is -0.560. The van der Waals surface area contributed by atoms with Crippen LogP contribution in [0.25, 0.3) is 0 Å². The maximum Gasteiger partial charge on any atom is 0.0867 e. The second-order valence-electron chi connectivity index (χ2n) is 4.08. The first kappa shape index (κ1) is 9.53. The van der Waals surface area contributed by atoms with E-state index in [9.17, 15) is 5.11 Å². The fourth-order valence-electron chi connectivity index (χ4n) is 1.75. The van der Waals surface area contributed by atoms with Crippen molar-refractivity contribution in [3.05, 3.63) is 22.8 Å². The van der Waals surface area contributed by atoms with Crippen LogP contribution in [0.3, 0.4) is 0 Å². The molecule has 0 aromatic rings. The van der Waals surface area contributed by atoms with Gasteiger partial charge >= 0.3 is 0 Å². The first-order valence-corrected chi connectivity index (χ1v) is 4.46. The van der Waals surface area contributed by atoms with Crippen LogP contribution in [-0.4, -0.2) is 10.7 Å². The molecule has 0 aromatic carbocycles. The van der Waals surface area contributed by atoms with Gasteiger partial charge in [0.1, 0.15) is 0 Å². The van der Waals surface area contributed by atoms with Crippen LogP contribution in [0, 0.1) is 5.92 Å². The fraction of sp³-hybridized carbons (Fsp3) is 0.636. The number of rotatable bonds is 0. The molecule has 68 valence electrons. The molecule has 0 radical (unpaired) electrons. The predicted octanol–water partition coefficient (Wildman–Crippen LogP) is 2.67. The number of hydrogen-bond donors (Lipinski definition) is 1. The minimum absolute atomic E-state index is 0.237. The molecule has 1 nitrogen and oxygen atoms in total. The lowest BCUT2D eigenvalue weighted by molar-refractivity contribution is 0.0665. The fourth-order valence-corrected chi connectivity index (χ4v) is 1.75. The van der Waals surface area contributed by atoms with E-state index in [-0.39, 0.29) is 5.92 Å². The minimum atomic E-state index is -0.659. The monoisotopic (exact) mass is 166 g/mol. The zero-order valence-electron chi connectivity index (χ0n) is 8.60. The van der Waals surface area contributed by atoms with Crippen molar-refractivity contribution >= 4 is 0 Å². The smallest absolute Gasteiger partial charge is 0.0867 e. The lowest BCUT2D eigenvalue weighted by Gasteiger charge is -2.34. The molecule has 0 amide bonds. The van der Waals surface area contributed by atoms with Gasteiger partial charge in [-0.05, 0) is 44.9 Å². The first-order chi connectivity index (χ1) is 5.36. The summed E-state index contributed by atoms with van der Waals surface area (Å²) >= 11 is 0. The van der Waals surface area contributed by atoms with Crippen molar-refractivity contribution in [3.63, 3.8) is 0 Å². The van der Waals surface area contributed by atoms with Gasteiger partial charge in [0.25, 0.3) is 0 Å². The Morgan fingerprint density at radius 2 is 1.83 bits per heavy atom. The SMILES string of the molecule is CC1=CC(C)(O)C(C)C(C)=C1C. The summed E-state index contributed by atoms with van der Waals surface area (Å²) in [5, 5.41) is 9.99. The summed E-state index contributed by atoms with van der Waals surface area (Å²) < 4.78 is 0. The van der Waals surface area contributed by atoms with Crippen LogP contribution in [0.5, 0.6) is 0 Å². The molecule has 0 aliphatic heterocycles. The number of aliphatic hydroxyl groups is 1. The van der Waals surface area contributed by atoms with E-state index in [1.165, 1.54) is 16.7 Å². The summed E-state index contributed by atoms with van der Waals surface area (Å²) in [4.78, 5) is 0. The third kappa shape index (κ3) is 1.34. The molecule has 1 aliphatic rings. The number of hydrogen-bond acceptors (Lipinski definition) is 1. The highest BCUT2D eigenvalue weighted by Gasteiger charge is 2.31. The summed E-state index contributed by atoms with van der Waals surface area (Å²) in [5.74, 6) is 0.237. The van der Waals surface area contributed by atoms with Crippen molar-refractivity contribution in [3.8, 4) is 0 Å². The Labute approximate surface area is 74.8 Å². The summed E-state index contributed by atoms with van der Waals surface area (Å²) in [6.45, 7) is 10.2. The van der Waals surface area contributed by atoms with E-state index >= 15 is 0 Å². The molecule has 2 unspecified atom stereocenters.